The molecule has 4 heteroatoms. The minimum atomic E-state index is 0.533. The molecule has 1 saturated heterocycles. The van der Waals surface area contributed by atoms with Crippen molar-refractivity contribution in [1.29, 1.82) is 0 Å². The first-order valence-electron chi connectivity index (χ1n) is 7.06. The smallest absolute Gasteiger partial charge is 0.137 e. The second kappa shape index (κ2) is 5.72. The predicted octanol–water partition coefficient (Wildman–Crippen LogP) is 2.47. The molecule has 3 rings (SSSR count). The van der Waals surface area contributed by atoms with E-state index < -0.39 is 0 Å². The van der Waals surface area contributed by atoms with E-state index in [1.807, 2.05) is 12.3 Å². The maximum absolute atomic E-state index is 5.42. The third-order valence-corrected chi connectivity index (χ3v) is 4.12. The third kappa shape index (κ3) is 2.80. The Morgan fingerprint density at radius 3 is 3.16 bits per heavy atom. The summed E-state index contributed by atoms with van der Waals surface area (Å²) in [6.07, 6.45) is 6.22. The Labute approximate surface area is 113 Å². The Balaban J connectivity index is 1.62. The van der Waals surface area contributed by atoms with Gasteiger partial charge >= 0.3 is 0 Å². The number of fused-ring (bicyclic) bond motifs is 1. The van der Waals surface area contributed by atoms with E-state index in [4.69, 9.17) is 4.74 Å². The Bertz CT molecular complexity index is 531. The summed E-state index contributed by atoms with van der Waals surface area (Å²) in [4.78, 5) is 7.54. The number of aromatic nitrogens is 2. The van der Waals surface area contributed by atoms with E-state index in [2.05, 4.69) is 34.5 Å². The van der Waals surface area contributed by atoms with Crippen molar-refractivity contribution in [3.63, 3.8) is 0 Å². The van der Waals surface area contributed by atoms with Crippen LogP contribution in [0.1, 0.15) is 25.3 Å². The van der Waals surface area contributed by atoms with Crippen molar-refractivity contribution in [3.05, 3.63) is 30.1 Å². The first-order valence-corrected chi connectivity index (χ1v) is 7.06. The van der Waals surface area contributed by atoms with Gasteiger partial charge in [-0.25, -0.2) is 4.98 Å². The second-order valence-corrected chi connectivity index (χ2v) is 5.33. The van der Waals surface area contributed by atoms with Crippen molar-refractivity contribution in [2.45, 2.75) is 32.4 Å². The monoisotopic (exact) mass is 259 g/mol. The molecule has 3 heterocycles. The van der Waals surface area contributed by atoms with Crippen LogP contribution in [0.4, 0.5) is 0 Å². The molecule has 2 N–H and O–H groups in total. The molecule has 102 valence electrons. The van der Waals surface area contributed by atoms with Gasteiger partial charge in [-0.2, -0.15) is 0 Å². The van der Waals surface area contributed by atoms with Crippen molar-refractivity contribution >= 4 is 11.0 Å². The zero-order chi connectivity index (χ0) is 13.1. The van der Waals surface area contributed by atoms with Crippen molar-refractivity contribution in [1.82, 2.24) is 15.3 Å². The standard InChI is InChI=1S/C15H21N3O/c1-11(12-4-7-19-8-5-12)17-9-13-10-18-15-14(13)3-2-6-16-15/h2-3,6,10-12,17H,4-5,7-9H2,1H3,(H,16,18). The van der Waals surface area contributed by atoms with Crippen LogP contribution in [-0.2, 0) is 11.3 Å². The van der Waals surface area contributed by atoms with E-state index in [1.165, 1.54) is 23.8 Å². The fourth-order valence-electron chi connectivity index (χ4n) is 2.81. The maximum Gasteiger partial charge on any atom is 0.137 e. The third-order valence-electron chi connectivity index (χ3n) is 4.12. The fraction of sp³-hybridized carbons (Fsp3) is 0.533. The first-order chi connectivity index (χ1) is 9.34. The minimum absolute atomic E-state index is 0.533. The van der Waals surface area contributed by atoms with Gasteiger partial charge in [0.15, 0.2) is 0 Å². The molecule has 0 spiro atoms. The SMILES string of the molecule is CC(NCc1c[nH]c2ncccc12)C1CCOCC1. The number of aromatic amines is 1. The number of hydrogen-bond donors (Lipinski definition) is 2. The molecule has 2 aromatic rings. The highest BCUT2D eigenvalue weighted by molar-refractivity contribution is 5.79. The number of rotatable bonds is 4. The van der Waals surface area contributed by atoms with Gasteiger partial charge < -0.3 is 15.0 Å². The van der Waals surface area contributed by atoms with Gasteiger partial charge in [0.2, 0.25) is 0 Å². The summed E-state index contributed by atoms with van der Waals surface area (Å²) in [6, 6.07) is 4.64. The Morgan fingerprint density at radius 2 is 2.32 bits per heavy atom. The lowest BCUT2D eigenvalue weighted by Crippen LogP contribution is -2.36. The Morgan fingerprint density at radius 1 is 1.47 bits per heavy atom. The summed E-state index contributed by atoms with van der Waals surface area (Å²) < 4.78 is 5.42. The van der Waals surface area contributed by atoms with Crippen LogP contribution in [-0.4, -0.2) is 29.2 Å². The molecule has 2 aromatic heterocycles. The quantitative estimate of drug-likeness (QED) is 0.887. The number of nitrogens with one attached hydrogen (secondary N) is 2. The molecule has 0 bridgehead atoms. The molecule has 0 saturated carbocycles. The fourth-order valence-corrected chi connectivity index (χ4v) is 2.81. The van der Waals surface area contributed by atoms with E-state index >= 15 is 0 Å². The Hall–Kier alpha value is -1.39. The zero-order valence-electron chi connectivity index (χ0n) is 11.4. The largest absolute Gasteiger partial charge is 0.381 e. The molecule has 0 radical (unpaired) electrons. The summed E-state index contributed by atoms with van der Waals surface area (Å²) in [5, 5.41) is 4.86. The number of ether oxygens (including phenoxy) is 1. The van der Waals surface area contributed by atoms with Gasteiger partial charge in [0, 0.05) is 43.6 Å². The molecule has 0 amide bonds. The summed E-state index contributed by atoms with van der Waals surface area (Å²) in [7, 11) is 0. The maximum atomic E-state index is 5.42. The van der Waals surface area contributed by atoms with E-state index in [0.29, 0.717) is 6.04 Å². The molecule has 1 aliphatic heterocycles. The molecule has 0 aromatic carbocycles. The van der Waals surface area contributed by atoms with E-state index in [9.17, 15) is 0 Å². The highest BCUT2D eigenvalue weighted by atomic mass is 16.5. The average Bonchev–Trinajstić information content (AvgIpc) is 2.89. The van der Waals surface area contributed by atoms with Crippen LogP contribution in [0, 0.1) is 5.92 Å². The van der Waals surface area contributed by atoms with Crippen LogP contribution < -0.4 is 5.32 Å². The molecule has 0 aliphatic carbocycles. The van der Waals surface area contributed by atoms with E-state index in [1.54, 1.807) is 0 Å². The molecule has 19 heavy (non-hydrogen) atoms. The second-order valence-electron chi connectivity index (χ2n) is 5.33. The molecular weight excluding hydrogens is 238 g/mol. The van der Waals surface area contributed by atoms with Gasteiger partial charge in [-0.15, -0.1) is 0 Å². The van der Waals surface area contributed by atoms with Gasteiger partial charge in [0.1, 0.15) is 5.65 Å². The van der Waals surface area contributed by atoms with Gasteiger partial charge in [-0.1, -0.05) is 0 Å². The lowest BCUT2D eigenvalue weighted by molar-refractivity contribution is 0.0558. The van der Waals surface area contributed by atoms with Crippen LogP contribution in [0.25, 0.3) is 11.0 Å². The highest BCUT2D eigenvalue weighted by Gasteiger charge is 2.20. The van der Waals surface area contributed by atoms with Crippen molar-refractivity contribution < 1.29 is 4.74 Å². The summed E-state index contributed by atoms with van der Waals surface area (Å²) in [5.41, 5.74) is 2.26. The molecule has 1 unspecified atom stereocenters. The van der Waals surface area contributed by atoms with Crippen LogP contribution in [0.2, 0.25) is 0 Å². The normalized spacial score (nSPS) is 18.8. The van der Waals surface area contributed by atoms with Crippen molar-refractivity contribution in [2.24, 2.45) is 5.92 Å². The summed E-state index contributed by atoms with van der Waals surface area (Å²) in [6.45, 7) is 4.99. The lowest BCUT2D eigenvalue weighted by Gasteiger charge is -2.28. The highest BCUT2D eigenvalue weighted by Crippen LogP contribution is 2.20. The summed E-state index contributed by atoms with van der Waals surface area (Å²) >= 11 is 0. The van der Waals surface area contributed by atoms with Gasteiger partial charge in [0.05, 0.1) is 0 Å². The van der Waals surface area contributed by atoms with Gasteiger partial charge in [0.25, 0.3) is 0 Å². The van der Waals surface area contributed by atoms with E-state index in [0.717, 1.165) is 31.3 Å². The van der Waals surface area contributed by atoms with Crippen molar-refractivity contribution in [2.75, 3.05) is 13.2 Å². The van der Waals surface area contributed by atoms with Gasteiger partial charge in [-0.05, 0) is 43.4 Å². The number of pyridine rings is 1. The first kappa shape index (κ1) is 12.6. The van der Waals surface area contributed by atoms with Crippen LogP contribution >= 0.6 is 0 Å². The Kier molecular flexibility index (Phi) is 3.80. The van der Waals surface area contributed by atoms with Crippen molar-refractivity contribution in [3.8, 4) is 0 Å². The zero-order valence-corrected chi connectivity index (χ0v) is 11.4. The van der Waals surface area contributed by atoms with Crippen LogP contribution in [0.5, 0.6) is 0 Å². The average molecular weight is 259 g/mol. The molecule has 4 nitrogen and oxygen atoms in total. The molecular formula is C15H21N3O. The molecule has 1 atom stereocenters. The minimum Gasteiger partial charge on any atom is -0.381 e. The number of hydrogen-bond acceptors (Lipinski definition) is 3. The van der Waals surface area contributed by atoms with Gasteiger partial charge in [-0.3, -0.25) is 0 Å². The molecule has 1 fully saturated rings. The predicted molar refractivity (Wildman–Crippen MR) is 75.9 cm³/mol. The summed E-state index contributed by atoms with van der Waals surface area (Å²) in [5.74, 6) is 0.733. The number of nitrogens with zero attached hydrogens (tertiary/aromatic N) is 1. The molecule has 1 aliphatic rings. The van der Waals surface area contributed by atoms with E-state index in [-0.39, 0.29) is 0 Å². The number of H-pyrrole nitrogens is 1. The topological polar surface area (TPSA) is 49.9 Å². The van der Waals surface area contributed by atoms with Crippen LogP contribution in [0.3, 0.4) is 0 Å². The van der Waals surface area contributed by atoms with Crippen LogP contribution in [0.15, 0.2) is 24.5 Å². The lowest BCUT2D eigenvalue weighted by atomic mass is 9.93.